The van der Waals surface area contributed by atoms with Gasteiger partial charge in [-0.3, -0.25) is 9.78 Å². The van der Waals surface area contributed by atoms with Gasteiger partial charge in [0.2, 0.25) is 0 Å². The summed E-state index contributed by atoms with van der Waals surface area (Å²) in [5.41, 5.74) is 9.35. The summed E-state index contributed by atoms with van der Waals surface area (Å²) in [7, 11) is 5.42. The average molecular weight is 632 g/mol. The second-order valence-corrected chi connectivity index (χ2v) is 12.5. The standard InChI is InChI=1S/C39H45N5O3/c1-27-28(2)44(18-6-17-43-21-19-42(3)20-22-43)35-12-9-30(24-34(27)35)23-29-7-10-32(11-8-29)39(45)41-33-25-36(46-4)38(37(26-33)47-5)31-13-15-40-16-14-31/h7-16,24-26H,6,17-23H2,1-5H3,(H,41,45). The van der Waals surface area contributed by atoms with Crippen molar-refractivity contribution in [1.29, 1.82) is 0 Å². The summed E-state index contributed by atoms with van der Waals surface area (Å²) in [4.78, 5) is 22.3. The topological polar surface area (TPSA) is 71.9 Å². The van der Waals surface area contributed by atoms with Crippen LogP contribution in [0.1, 0.15) is 39.2 Å². The van der Waals surface area contributed by atoms with E-state index in [1.54, 1.807) is 26.6 Å². The maximum Gasteiger partial charge on any atom is 0.255 e. The molecule has 1 saturated heterocycles. The molecule has 0 bridgehead atoms. The van der Waals surface area contributed by atoms with Crippen LogP contribution < -0.4 is 14.8 Å². The van der Waals surface area contributed by atoms with Crippen LogP contribution in [0, 0.1) is 13.8 Å². The van der Waals surface area contributed by atoms with Crippen LogP contribution in [-0.4, -0.2) is 79.2 Å². The first kappa shape index (κ1) is 32.3. The number of nitrogens with zero attached hydrogens (tertiary/aromatic N) is 4. The molecule has 1 amide bonds. The lowest BCUT2D eigenvalue weighted by Gasteiger charge is -2.32. The van der Waals surface area contributed by atoms with Gasteiger partial charge in [0.05, 0.1) is 19.8 Å². The van der Waals surface area contributed by atoms with Crippen LogP contribution in [0.2, 0.25) is 0 Å². The quantitative estimate of drug-likeness (QED) is 0.173. The Morgan fingerprint density at radius 1 is 0.830 bits per heavy atom. The number of likely N-dealkylation sites (N-methyl/N-ethyl adjacent to an activating group) is 1. The van der Waals surface area contributed by atoms with E-state index >= 15 is 0 Å². The van der Waals surface area contributed by atoms with E-state index in [4.69, 9.17) is 9.47 Å². The van der Waals surface area contributed by atoms with Gasteiger partial charge in [-0.2, -0.15) is 0 Å². The van der Waals surface area contributed by atoms with Crippen molar-refractivity contribution < 1.29 is 14.3 Å². The summed E-state index contributed by atoms with van der Waals surface area (Å²) < 4.78 is 13.8. The molecular weight excluding hydrogens is 586 g/mol. The van der Waals surface area contributed by atoms with E-state index in [1.807, 2.05) is 48.5 Å². The highest BCUT2D eigenvalue weighted by atomic mass is 16.5. The summed E-state index contributed by atoms with van der Waals surface area (Å²) in [6, 6.07) is 22.1. The summed E-state index contributed by atoms with van der Waals surface area (Å²) in [6.07, 6.45) is 5.41. The Morgan fingerprint density at radius 2 is 1.49 bits per heavy atom. The molecule has 0 atom stereocenters. The van der Waals surface area contributed by atoms with Crippen molar-refractivity contribution >= 4 is 22.5 Å². The molecule has 0 radical (unpaired) electrons. The number of benzene rings is 3. The number of hydrogen-bond donors (Lipinski definition) is 1. The van der Waals surface area contributed by atoms with Gasteiger partial charge in [0.25, 0.3) is 5.91 Å². The molecule has 0 unspecified atom stereocenters. The Morgan fingerprint density at radius 3 is 2.15 bits per heavy atom. The Bertz CT molecular complexity index is 1820. The molecule has 1 N–H and O–H groups in total. The molecule has 5 aromatic rings. The third kappa shape index (κ3) is 7.19. The van der Waals surface area contributed by atoms with Crippen LogP contribution in [0.4, 0.5) is 5.69 Å². The lowest BCUT2D eigenvalue weighted by Crippen LogP contribution is -2.44. The van der Waals surface area contributed by atoms with Crippen LogP contribution >= 0.6 is 0 Å². The van der Waals surface area contributed by atoms with E-state index in [9.17, 15) is 4.79 Å². The second kappa shape index (κ2) is 14.4. The molecule has 1 aliphatic rings. The Hall–Kier alpha value is -4.66. The third-order valence-electron chi connectivity index (χ3n) is 9.51. The zero-order chi connectivity index (χ0) is 32.9. The number of piperazine rings is 1. The second-order valence-electron chi connectivity index (χ2n) is 12.5. The third-order valence-corrected chi connectivity index (χ3v) is 9.51. The van der Waals surface area contributed by atoms with Gasteiger partial charge in [0, 0.05) is 85.1 Å². The van der Waals surface area contributed by atoms with E-state index in [2.05, 4.69) is 63.8 Å². The predicted molar refractivity (Wildman–Crippen MR) is 190 cm³/mol. The van der Waals surface area contributed by atoms with Crippen LogP contribution in [0.15, 0.2) is 79.1 Å². The number of ether oxygens (including phenoxy) is 2. The fourth-order valence-electron chi connectivity index (χ4n) is 6.62. The number of nitrogens with one attached hydrogen (secondary N) is 1. The smallest absolute Gasteiger partial charge is 0.255 e. The Labute approximate surface area is 277 Å². The number of fused-ring (bicyclic) bond motifs is 1. The van der Waals surface area contributed by atoms with Crippen molar-refractivity contribution in [2.45, 2.75) is 33.2 Å². The molecule has 2 aromatic heterocycles. The number of hydrogen-bond acceptors (Lipinski definition) is 6. The molecule has 3 aromatic carbocycles. The van der Waals surface area contributed by atoms with Crippen molar-refractivity contribution in [1.82, 2.24) is 19.4 Å². The first-order valence-corrected chi connectivity index (χ1v) is 16.4. The van der Waals surface area contributed by atoms with Crippen LogP contribution in [0.25, 0.3) is 22.0 Å². The van der Waals surface area contributed by atoms with E-state index in [1.165, 1.54) is 40.8 Å². The Kier molecular flexibility index (Phi) is 9.90. The predicted octanol–water partition coefficient (Wildman–Crippen LogP) is 6.82. The largest absolute Gasteiger partial charge is 0.496 e. The monoisotopic (exact) mass is 631 g/mol. The molecule has 1 fully saturated rings. The van der Waals surface area contributed by atoms with Crippen molar-refractivity contribution in [3.63, 3.8) is 0 Å². The van der Waals surface area contributed by atoms with Crippen molar-refractivity contribution in [3.8, 4) is 22.6 Å². The number of carbonyl (C=O) groups is 1. The number of aromatic nitrogens is 2. The minimum absolute atomic E-state index is 0.196. The lowest BCUT2D eigenvalue weighted by molar-refractivity contribution is 0.102. The van der Waals surface area contributed by atoms with E-state index in [-0.39, 0.29) is 5.91 Å². The van der Waals surface area contributed by atoms with Crippen molar-refractivity contribution in [2.75, 3.05) is 59.3 Å². The minimum atomic E-state index is -0.196. The molecular formula is C39H45N5O3. The van der Waals surface area contributed by atoms with Crippen LogP contribution in [-0.2, 0) is 13.0 Å². The number of amides is 1. The maximum atomic E-state index is 13.2. The number of rotatable bonds is 11. The summed E-state index contributed by atoms with van der Waals surface area (Å²) >= 11 is 0. The van der Waals surface area contributed by atoms with Gasteiger partial charge in [-0.15, -0.1) is 0 Å². The molecule has 1 aliphatic heterocycles. The van der Waals surface area contributed by atoms with Crippen molar-refractivity contribution in [3.05, 3.63) is 107 Å². The van der Waals surface area contributed by atoms with Gasteiger partial charge in [-0.25, -0.2) is 0 Å². The molecule has 47 heavy (non-hydrogen) atoms. The zero-order valence-electron chi connectivity index (χ0n) is 28.2. The number of methoxy groups -OCH3 is 2. The first-order chi connectivity index (χ1) is 22.8. The lowest BCUT2D eigenvalue weighted by atomic mass is 10.0. The highest BCUT2D eigenvalue weighted by molar-refractivity contribution is 6.04. The summed E-state index contributed by atoms with van der Waals surface area (Å²) in [5, 5.41) is 4.34. The Balaban J connectivity index is 1.11. The van der Waals surface area contributed by atoms with E-state index in [0.717, 1.165) is 55.7 Å². The van der Waals surface area contributed by atoms with Gasteiger partial charge >= 0.3 is 0 Å². The SMILES string of the molecule is COc1cc(NC(=O)c2ccc(Cc3ccc4c(c3)c(C)c(C)n4CCCN3CCN(C)CC3)cc2)cc(OC)c1-c1ccncc1. The molecule has 244 valence electrons. The van der Waals surface area contributed by atoms with Gasteiger partial charge in [-0.05, 0) is 98.9 Å². The minimum Gasteiger partial charge on any atom is -0.496 e. The molecule has 8 heteroatoms. The molecule has 0 spiro atoms. The number of pyridine rings is 1. The van der Waals surface area contributed by atoms with E-state index in [0.29, 0.717) is 22.7 Å². The van der Waals surface area contributed by atoms with Gasteiger partial charge < -0.3 is 29.2 Å². The molecule has 0 saturated carbocycles. The number of carbonyl (C=O) groups excluding carboxylic acids is 1. The normalized spacial score (nSPS) is 14.0. The van der Waals surface area contributed by atoms with Gasteiger partial charge in [0.15, 0.2) is 0 Å². The summed E-state index contributed by atoms with van der Waals surface area (Å²) in [6.45, 7) is 11.3. The summed E-state index contributed by atoms with van der Waals surface area (Å²) in [5.74, 6) is 1.01. The van der Waals surface area contributed by atoms with E-state index < -0.39 is 0 Å². The maximum absolute atomic E-state index is 13.2. The van der Waals surface area contributed by atoms with Crippen LogP contribution in [0.5, 0.6) is 11.5 Å². The zero-order valence-corrected chi connectivity index (χ0v) is 28.2. The fraction of sp³-hybridized carbons (Fsp3) is 0.333. The van der Waals surface area contributed by atoms with Crippen molar-refractivity contribution in [2.24, 2.45) is 0 Å². The molecule has 6 rings (SSSR count). The highest BCUT2D eigenvalue weighted by Gasteiger charge is 2.18. The fourth-order valence-corrected chi connectivity index (χ4v) is 6.62. The average Bonchev–Trinajstić information content (AvgIpc) is 3.33. The molecule has 0 aliphatic carbocycles. The van der Waals surface area contributed by atoms with Crippen LogP contribution in [0.3, 0.4) is 0 Å². The number of aryl methyl sites for hydroxylation is 2. The first-order valence-electron chi connectivity index (χ1n) is 16.4. The molecule has 8 nitrogen and oxygen atoms in total. The van der Waals surface area contributed by atoms with Gasteiger partial charge in [0.1, 0.15) is 11.5 Å². The number of anilines is 1. The molecule has 3 heterocycles. The van der Waals surface area contributed by atoms with Gasteiger partial charge in [-0.1, -0.05) is 18.2 Å². The highest BCUT2D eigenvalue weighted by Crippen LogP contribution is 2.41.